The SMILES string of the molecule is CC(O)c1cc(N)ccc1N. The third kappa shape index (κ3) is 1.62. The molecule has 0 spiro atoms. The minimum atomic E-state index is -0.557. The summed E-state index contributed by atoms with van der Waals surface area (Å²) in [6.45, 7) is 1.66. The highest BCUT2D eigenvalue weighted by Crippen LogP contribution is 2.21. The number of aliphatic hydroxyl groups is 1. The van der Waals surface area contributed by atoms with Gasteiger partial charge in [0.05, 0.1) is 6.10 Å². The molecule has 0 aliphatic rings. The average Bonchev–Trinajstić information content (AvgIpc) is 1.94. The first-order valence-corrected chi connectivity index (χ1v) is 3.44. The van der Waals surface area contributed by atoms with Crippen LogP contribution in [-0.4, -0.2) is 5.11 Å². The molecule has 1 aromatic carbocycles. The van der Waals surface area contributed by atoms with Gasteiger partial charge in [0.25, 0.3) is 0 Å². The van der Waals surface area contributed by atoms with E-state index in [0.29, 0.717) is 16.9 Å². The molecule has 0 aromatic heterocycles. The van der Waals surface area contributed by atoms with Crippen molar-refractivity contribution in [2.45, 2.75) is 13.0 Å². The van der Waals surface area contributed by atoms with E-state index >= 15 is 0 Å². The van der Waals surface area contributed by atoms with Crippen molar-refractivity contribution in [1.82, 2.24) is 0 Å². The fourth-order valence-corrected chi connectivity index (χ4v) is 0.955. The van der Waals surface area contributed by atoms with E-state index in [2.05, 4.69) is 0 Å². The molecule has 0 radical (unpaired) electrons. The molecule has 1 unspecified atom stereocenters. The number of aliphatic hydroxyl groups excluding tert-OH is 1. The standard InChI is InChI=1S/C8H12N2O/c1-5(11)7-4-6(9)2-3-8(7)10/h2-5,11H,9-10H2,1H3. The van der Waals surface area contributed by atoms with E-state index in [1.807, 2.05) is 0 Å². The van der Waals surface area contributed by atoms with Crippen molar-refractivity contribution < 1.29 is 5.11 Å². The molecule has 0 fully saturated rings. The van der Waals surface area contributed by atoms with Gasteiger partial charge in [-0.2, -0.15) is 0 Å². The predicted octanol–water partition coefficient (Wildman–Crippen LogP) is 0.904. The lowest BCUT2D eigenvalue weighted by molar-refractivity contribution is 0.200. The molecular formula is C8H12N2O. The van der Waals surface area contributed by atoms with Crippen molar-refractivity contribution in [2.75, 3.05) is 11.5 Å². The number of nitrogens with two attached hydrogens (primary N) is 2. The molecule has 60 valence electrons. The van der Waals surface area contributed by atoms with E-state index in [4.69, 9.17) is 11.5 Å². The van der Waals surface area contributed by atoms with Crippen LogP contribution in [0.4, 0.5) is 11.4 Å². The Balaban J connectivity index is 3.13. The molecule has 5 N–H and O–H groups in total. The second-order valence-electron chi connectivity index (χ2n) is 2.56. The van der Waals surface area contributed by atoms with Crippen molar-refractivity contribution in [3.05, 3.63) is 23.8 Å². The highest BCUT2D eigenvalue weighted by Gasteiger charge is 2.04. The molecule has 0 amide bonds. The summed E-state index contributed by atoms with van der Waals surface area (Å²) in [4.78, 5) is 0. The summed E-state index contributed by atoms with van der Waals surface area (Å²) in [5, 5.41) is 9.19. The summed E-state index contributed by atoms with van der Waals surface area (Å²) in [5.41, 5.74) is 13.0. The first-order valence-electron chi connectivity index (χ1n) is 3.44. The van der Waals surface area contributed by atoms with Crippen LogP contribution in [0.3, 0.4) is 0 Å². The minimum absolute atomic E-state index is 0.557. The third-order valence-corrected chi connectivity index (χ3v) is 1.56. The average molecular weight is 152 g/mol. The second-order valence-corrected chi connectivity index (χ2v) is 2.56. The van der Waals surface area contributed by atoms with Crippen molar-refractivity contribution in [1.29, 1.82) is 0 Å². The number of hydrogen-bond donors (Lipinski definition) is 3. The van der Waals surface area contributed by atoms with E-state index in [9.17, 15) is 5.11 Å². The molecule has 0 bridgehead atoms. The van der Waals surface area contributed by atoms with Gasteiger partial charge >= 0.3 is 0 Å². The molecule has 11 heavy (non-hydrogen) atoms. The van der Waals surface area contributed by atoms with Gasteiger partial charge in [0.2, 0.25) is 0 Å². The van der Waals surface area contributed by atoms with Crippen LogP contribution >= 0.6 is 0 Å². The van der Waals surface area contributed by atoms with Crippen molar-refractivity contribution in [2.24, 2.45) is 0 Å². The zero-order valence-corrected chi connectivity index (χ0v) is 6.41. The molecule has 1 rings (SSSR count). The summed E-state index contributed by atoms with van der Waals surface area (Å²) in [7, 11) is 0. The lowest BCUT2D eigenvalue weighted by Gasteiger charge is -2.08. The van der Waals surface area contributed by atoms with E-state index in [1.165, 1.54) is 0 Å². The van der Waals surface area contributed by atoms with Gasteiger partial charge in [-0.3, -0.25) is 0 Å². The number of benzene rings is 1. The number of hydrogen-bond acceptors (Lipinski definition) is 3. The molecule has 0 saturated heterocycles. The van der Waals surface area contributed by atoms with E-state index in [0.717, 1.165) is 0 Å². The monoisotopic (exact) mass is 152 g/mol. The minimum Gasteiger partial charge on any atom is -0.399 e. The summed E-state index contributed by atoms with van der Waals surface area (Å²) in [6.07, 6.45) is -0.557. The van der Waals surface area contributed by atoms with Crippen LogP contribution in [0.2, 0.25) is 0 Å². The smallest absolute Gasteiger partial charge is 0.0782 e. The van der Waals surface area contributed by atoms with Gasteiger partial charge in [0, 0.05) is 16.9 Å². The number of nitrogen functional groups attached to an aromatic ring is 2. The molecule has 3 nitrogen and oxygen atoms in total. The number of rotatable bonds is 1. The Hall–Kier alpha value is -1.22. The summed E-state index contributed by atoms with van der Waals surface area (Å²) in [6, 6.07) is 5.08. The maximum atomic E-state index is 9.19. The Morgan fingerprint density at radius 1 is 1.36 bits per heavy atom. The Kier molecular flexibility index (Phi) is 2.01. The second kappa shape index (κ2) is 2.80. The molecule has 0 saturated carbocycles. The van der Waals surface area contributed by atoms with E-state index in [-0.39, 0.29) is 0 Å². The van der Waals surface area contributed by atoms with E-state index < -0.39 is 6.10 Å². The molecule has 0 aliphatic carbocycles. The summed E-state index contributed by atoms with van der Waals surface area (Å²) in [5.74, 6) is 0. The summed E-state index contributed by atoms with van der Waals surface area (Å²) >= 11 is 0. The predicted molar refractivity (Wildman–Crippen MR) is 45.9 cm³/mol. The van der Waals surface area contributed by atoms with Crippen LogP contribution in [0, 0.1) is 0 Å². The molecular weight excluding hydrogens is 140 g/mol. The fraction of sp³-hybridized carbons (Fsp3) is 0.250. The highest BCUT2D eigenvalue weighted by atomic mass is 16.3. The van der Waals surface area contributed by atoms with Gasteiger partial charge < -0.3 is 16.6 Å². The topological polar surface area (TPSA) is 72.3 Å². The first kappa shape index (κ1) is 7.88. The van der Waals surface area contributed by atoms with Crippen LogP contribution in [0.1, 0.15) is 18.6 Å². The van der Waals surface area contributed by atoms with Gasteiger partial charge in [0.1, 0.15) is 0 Å². The highest BCUT2D eigenvalue weighted by molar-refractivity contribution is 5.55. The molecule has 1 atom stereocenters. The van der Waals surface area contributed by atoms with Crippen molar-refractivity contribution in [3.8, 4) is 0 Å². The van der Waals surface area contributed by atoms with Gasteiger partial charge in [-0.1, -0.05) is 0 Å². The normalized spacial score (nSPS) is 12.9. The quantitative estimate of drug-likeness (QED) is 0.523. The Bertz CT molecular complexity index is 258. The lowest BCUT2D eigenvalue weighted by atomic mass is 10.1. The van der Waals surface area contributed by atoms with Gasteiger partial charge in [-0.25, -0.2) is 0 Å². The molecule has 3 heteroatoms. The maximum absolute atomic E-state index is 9.19. The maximum Gasteiger partial charge on any atom is 0.0782 e. The van der Waals surface area contributed by atoms with Crippen LogP contribution in [0.5, 0.6) is 0 Å². The van der Waals surface area contributed by atoms with E-state index in [1.54, 1.807) is 25.1 Å². The van der Waals surface area contributed by atoms with Gasteiger partial charge in [-0.05, 0) is 25.1 Å². The van der Waals surface area contributed by atoms with Gasteiger partial charge in [0.15, 0.2) is 0 Å². The zero-order valence-electron chi connectivity index (χ0n) is 6.41. The molecule has 0 aliphatic heterocycles. The Morgan fingerprint density at radius 2 is 2.00 bits per heavy atom. The molecule has 1 aromatic rings. The summed E-state index contributed by atoms with van der Waals surface area (Å²) < 4.78 is 0. The zero-order chi connectivity index (χ0) is 8.43. The number of anilines is 2. The van der Waals surface area contributed by atoms with Crippen LogP contribution < -0.4 is 11.5 Å². The van der Waals surface area contributed by atoms with Crippen LogP contribution in [-0.2, 0) is 0 Å². The molecule has 0 heterocycles. The van der Waals surface area contributed by atoms with Crippen molar-refractivity contribution >= 4 is 11.4 Å². The lowest BCUT2D eigenvalue weighted by Crippen LogP contribution is -1.99. The third-order valence-electron chi connectivity index (χ3n) is 1.56. The Morgan fingerprint density at radius 3 is 2.45 bits per heavy atom. The first-order chi connectivity index (χ1) is 5.11. The largest absolute Gasteiger partial charge is 0.399 e. The van der Waals surface area contributed by atoms with Crippen LogP contribution in [0.25, 0.3) is 0 Å². The van der Waals surface area contributed by atoms with Crippen molar-refractivity contribution in [3.63, 3.8) is 0 Å². The van der Waals surface area contributed by atoms with Crippen LogP contribution in [0.15, 0.2) is 18.2 Å². The Labute approximate surface area is 65.6 Å². The van der Waals surface area contributed by atoms with Gasteiger partial charge in [-0.15, -0.1) is 0 Å². The fourth-order valence-electron chi connectivity index (χ4n) is 0.955.